The Bertz CT molecular complexity index is 628. The van der Waals surface area contributed by atoms with Crippen LogP contribution in [0.1, 0.15) is 50.1 Å². The van der Waals surface area contributed by atoms with Crippen molar-refractivity contribution in [2.75, 3.05) is 0 Å². The molecule has 1 aromatic heterocycles. The minimum absolute atomic E-state index is 0.197. The van der Waals surface area contributed by atoms with Crippen molar-refractivity contribution in [3.05, 3.63) is 42.4 Å². The average Bonchev–Trinajstić information content (AvgIpc) is 3.11. The minimum atomic E-state index is -0.197. The van der Waals surface area contributed by atoms with Crippen LogP contribution in [0.15, 0.2) is 36.8 Å². The number of nitrogens with zero attached hydrogens (tertiary/aromatic N) is 2. The lowest BCUT2D eigenvalue weighted by Crippen LogP contribution is -2.26. The van der Waals surface area contributed by atoms with E-state index in [1.54, 1.807) is 0 Å². The molecule has 2 aliphatic rings. The highest BCUT2D eigenvalue weighted by atomic mass is 16.3. The second-order valence-corrected chi connectivity index (χ2v) is 6.49. The van der Waals surface area contributed by atoms with E-state index < -0.39 is 0 Å². The van der Waals surface area contributed by atoms with Gasteiger partial charge in [-0.2, -0.15) is 0 Å². The monoisotopic (exact) mass is 282 g/mol. The topological polar surface area (TPSA) is 38.1 Å². The normalized spacial score (nSPS) is 22.8. The zero-order chi connectivity index (χ0) is 14.2. The summed E-state index contributed by atoms with van der Waals surface area (Å²) in [7, 11) is 0. The second-order valence-electron chi connectivity index (χ2n) is 6.49. The van der Waals surface area contributed by atoms with Crippen LogP contribution >= 0.6 is 0 Å². The number of fused-ring (bicyclic) bond motifs is 3. The highest BCUT2D eigenvalue weighted by Gasteiger charge is 2.32. The Morgan fingerprint density at radius 1 is 1.19 bits per heavy atom. The van der Waals surface area contributed by atoms with Gasteiger partial charge in [0.15, 0.2) is 0 Å². The van der Waals surface area contributed by atoms with Gasteiger partial charge in [0.05, 0.1) is 30.4 Å². The van der Waals surface area contributed by atoms with E-state index in [1.807, 2.05) is 12.5 Å². The minimum Gasteiger partial charge on any atom is -0.393 e. The van der Waals surface area contributed by atoms with Gasteiger partial charge in [0, 0.05) is 5.56 Å². The molecule has 2 atom stereocenters. The number of aromatic nitrogens is 2. The summed E-state index contributed by atoms with van der Waals surface area (Å²) in [5.74, 6) is 0.485. The van der Waals surface area contributed by atoms with E-state index in [4.69, 9.17) is 0 Å². The third kappa shape index (κ3) is 2.20. The molecule has 1 unspecified atom stereocenters. The van der Waals surface area contributed by atoms with Crippen LogP contribution in [0.5, 0.6) is 0 Å². The summed E-state index contributed by atoms with van der Waals surface area (Å²) in [5.41, 5.74) is 3.80. The van der Waals surface area contributed by atoms with Crippen molar-refractivity contribution in [3.63, 3.8) is 0 Å². The van der Waals surface area contributed by atoms with Crippen molar-refractivity contribution in [2.45, 2.75) is 50.7 Å². The zero-order valence-electron chi connectivity index (χ0n) is 12.3. The standard InChI is InChI=1S/C18H22N2O/c21-18(13-6-2-1-3-7-13)10-16-14-8-4-5-9-15(14)17-11-19-12-20(16)17/h4-5,8-9,11-13,16,18,21H,1-3,6-7,10H2/t16?,18-/m0/s1. The highest BCUT2D eigenvalue weighted by Crippen LogP contribution is 2.42. The van der Waals surface area contributed by atoms with Crippen molar-refractivity contribution in [1.82, 2.24) is 9.55 Å². The first kappa shape index (κ1) is 13.1. The lowest BCUT2D eigenvalue weighted by molar-refractivity contribution is 0.0686. The Kier molecular flexibility index (Phi) is 3.30. The largest absolute Gasteiger partial charge is 0.393 e. The fourth-order valence-corrected chi connectivity index (χ4v) is 4.11. The molecule has 0 saturated heterocycles. The smallest absolute Gasteiger partial charge is 0.0956 e. The molecule has 21 heavy (non-hydrogen) atoms. The first-order valence-corrected chi connectivity index (χ1v) is 8.14. The molecule has 1 saturated carbocycles. The van der Waals surface area contributed by atoms with Crippen LogP contribution < -0.4 is 0 Å². The van der Waals surface area contributed by atoms with Crippen molar-refractivity contribution in [1.29, 1.82) is 0 Å². The average molecular weight is 282 g/mol. The first-order valence-electron chi connectivity index (χ1n) is 8.14. The maximum absolute atomic E-state index is 10.7. The third-order valence-corrected chi connectivity index (χ3v) is 5.26. The van der Waals surface area contributed by atoms with E-state index >= 15 is 0 Å². The summed E-state index contributed by atoms with van der Waals surface area (Å²) in [6.45, 7) is 0. The number of benzene rings is 1. The van der Waals surface area contributed by atoms with E-state index in [2.05, 4.69) is 33.8 Å². The maximum atomic E-state index is 10.7. The zero-order valence-corrected chi connectivity index (χ0v) is 12.3. The Balaban J connectivity index is 1.60. The van der Waals surface area contributed by atoms with Crippen molar-refractivity contribution in [3.8, 4) is 11.3 Å². The summed E-state index contributed by atoms with van der Waals surface area (Å²) in [4.78, 5) is 4.29. The molecular formula is C18H22N2O. The highest BCUT2D eigenvalue weighted by molar-refractivity contribution is 5.68. The van der Waals surface area contributed by atoms with E-state index in [0.29, 0.717) is 5.92 Å². The molecule has 1 aromatic carbocycles. The number of aliphatic hydroxyl groups excluding tert-OH is 1. The molecule has 0 radical (unpaired) electrons. The van der Waals surface area contributed by atoms with E-state index in [0.717, 1.165) is 6.42 Å². The van der Waals surface area contributed by atoms with Crippen LogP contribution in [-0.4, -0.2) is 20.8 Å². The number of hydrogen-bond acceptors (Lipinski definition) is 2. The van der Waals surface area contributed by atoms with Crippen LogP contribution in [0.2, 0.25) is 0 Å². The van der Waals surface area contributed by atoms with Crippen LogP contribution in [0, 0.1) is 5.92 Å². The quantitative estimate of drug-likeness (QED) is 0.930. The lowest BCUT2D eigenvalue weighted by atomic mass is 9.82. The lowest BCUT2D eigenvalue weighted by Gasteiger charge is -2.29. The summed E-state index contributed by atoms with van der Waals surface area (Å²) in [6.07, 6.45) is 10.7. The molecule has 3 nitrogen and oxygen atoms in total. The molecule has 0 bridgehead atoms. The van der Waals surface area contributed by atoms with Crippen molar-refractivity contribution < 1.29 is 5.11 Å². The first-order chi connectivity index (χ1) is 10.3. The SMILES string of the molecule is O[C@@H](CC1c2ccccc2-c2cncn21)C1CCCCC1. The van der Waals surface area contributed by atoms with Gasteiger partial charge in [0.1, 0.15) is 0 Å². The number of aliphatic hydroxyl groups is 1. The Hall–Kier alpha value is -1.61. The van der Waals surface area contributed by atoms with Gasteiger partial charge in [-0.25, -0.2) is 4.98 Å². The molecule has 110 valence electrons. The molecule has 1 fully saturated rings. The number of rotatable bonds is 3. The predicted molar refractivity (Wildman–Crippen MR) is 83.0 cm³/mol. The van der Waals surface area contributed by atoms with Gasteiger partial charge in [0.2, 0.25) is 0 Å². The van der Waals surface area contributed by atoms with Gasteiger partial charge in [0.25, 0.3) is 0 Å². The Morgan fingerprint density at radius 2 is 2.00 bits per heavy atom. The Labute approximate surface area is 125 Å². The van der Waals surface area contributed by atoms with Gasteiger partial charge < -0.3 is 9.67 Å². The summed E-state index contributed by atoms with van der Waals surface area (Å²) < 4.78 is 2.23. The molecule has 1 aliphatic carbocycles. The van der Waals surface area contributed by atoms with Gasteiger partial charge in [-0.3, -0.25) is 0 Å². The van der Waals surface area contributed by atoms with Gasteiger partial charge in [-0.15, -0.1) is 0 Å². The van der Waals surface area contributed by atoms with E-state index in [9.17, 15) is 5.11 Å². The summed E-state index contributed by atoms with van der Waals surface area (Å²) in [6, 6.07) is 8.78. The molecular weight excluding hydrogens is 260 g/mol. The molecule has 4 rings (SSSR count). The van der Waals surface area contributed by atoms with Crippen molar-refractivity contribution >= 4 is 0 Å². The summed E-state index contributed by atoms with van der Waals surface area (Å²) in [5, 5.41) is 10.7. The second kappa shape index (κ2) is 5.30. The van der Waals surface area contributed by atoms with Gasteiger partial charge in [-0.1, -0.05) is 43.5 Å². The number of hydrogen-bond donors (Lipinski definition) is 1. The fourth-order valence-electron chi connectivity index (χ4n) is 4.11. The molecule has 0 spiro atoms. The van der Waals surface area contributed by atoms with Crippen molar-refractivity contribution in [2.24, 2.45) is 5.92 Å². The third-order valence-electron chi connectivity index (χ3n) is 5.26. The molecule has 3 heteroatoms. The predicted octanol–water partition coefficient (Wildman–Crippen LogP) is 3.78. The molecule has 0 amide bonds. The maximum Gasteiger partial charge on any atom is 0.0956 e. The number of imidazole rings is 1. The molecule has 1 N–H and O–H groups in total. The molecule has 1 aliphatic heterocycles. The molecule has 2 aromatic rings. The van der Waals surface area contributed by atoms with Crippen LogP contribution in [0.25, 0.3) is 11.3 Å². The molecule has 2 heterocycles. The Morgan fingerprint density at radius 3 is 2.86 bits per heavy atom. The summed E-state index contributed by atoms with van der Waals surface area (Å²) >= 11 is 0. The van der Waals surface area contributed by atoms with E-state index in [-0.39, 0.29) is 12.1 Å². The van der Waals surface area contributed by atoms with Gasteiger partial charge >= 0.3 is 0 Å². The van der Waals surface area contributed by atoms with Crippen LogP contribution in [0.3, 0.4) is 0 Å². The van der Waals surface area contributed by atoms with Crippen LogP contribution in [0.4, 0.5) is 0 Å². The van der Waals surface area contributed by atoms with Gasteiger partial charge in [-0.05, 0) is 30.7 Å². The van der Waals surface area contributed by atoms with Crippen LogP contribution in [-0.2, 0) is 0 Å². The van der Waals surface area contributed by atoms with E-state index in [1.165, 1.54) is 48.9 Å². The fraction of sp³-hybridized carbons (Fsp3) is 0.500.